The fraction of sp³-hybridized carbons (Fsp3) is 0.0185. The minimum atomic E-state index is -0.652. The summed E-state index contributed by atoms with van der Waals surface area (Å²) in [6.07, 6.45) is 0. The maximum Gasteiger partial charge on any atom is 0.160 e. The number of rotatable bonds is 5. The minimum absolute atomic E-state index is 0.639. The molecule has 8 aromatic carbocycles. The maximum atomic E-state index is 10.1. The third kappa shape index (κ3) is 5.29. The van der Waals surface area contributed by atoms with Gasteiger partial charge < -0.3 is 4.74 Å². The summed E-state index contributed by atoms with van der Waals surface area (Å²) in [5.41, 5.74) is 16.0. The van der Waals surface area contributed by atoms with E-state index in [9.17, 15) is 5.26 Å². The average molecular weight is 740 g/mol. The zero-order chi connectivity index (χ0) is 38.6. The molecule has 0 saturated carbocycles. The summed E-state index contributed by atoms with van der Waals surface area (Å²) in [5, 5.41) is 10.1. The van der Waals surface area contributed by atoms with Gasteiger partial charge in [-0.1, -0.05) is 158 Å². The SMILES string of the molecule is N#Cc1ccc2c(c1)C1(c3ccccc3Oc3ccccc31)c1cc(-c3ccc(-c4cccc(-c5cc(-c6ccccc6)nc(-c6ccccc6)n5)c4)cc3)ccc1-2. The predicted octanol–water partition coefficient (Wildman–Crippen LogP) is 13.2. The molecule has 1 aromatic heterocycles. The van der Waals surface area contributed by atoms with E-state index in [-0.39, 0.29) is 0 Å². The highest BCUT2D eigenvalue weighted by Crippen LogP contribution is 2.62. The molecular weight excluding hydrogens is 707 g/mol. The molecule has 270 valence electrons. The van der Waals surface area contributed by atoms with Gasteiger partial charge in [-0.25, -0.2) is 9.97 Å². The Balaban J connectivity index is 0.997. The number of para-hydroxylation sites is 2. The van der Waals surface area contributed by atoms with Crippen LogP contribution >= 0.6 is 0 Å². The molecule has 0 atom stereocenters. The van der Waals surface area contributed by atoms with E-state index in [4.69, 9.17) is 14.7 Å². The van der Waals surface area contributed by atoms with E-state index >= 15 is 0 Å². The molecule has 0 fully saturated rings. The third-order valence-corrected chi connectivity index (χ3v) is 11.6. The molecular formula is C54H33N3O. The number of benzene rings is 8. The molecule has 58 heavy (non-hydrogen) atoms. The second-order valence-corrected chi connectivity index (χ2v) is 14.8. The van der Waals surface area contributed by atoms with Crippen LogP contribution in [0.2, 0.25) is 0 Å². The van der Waals surface area contributed by atoms with Crippen molar-refractivity contribution >= 4 is 0 Å². The van der Waals surface area contributed by atoms with E-state index in [0.29, 0.717) is 11.4 Å². The van der Waals surface area contributed by atoms with Crippen LogP contribution in [0, 0.1) is 11.3 Å². The van der Waals surface area contributed by atoms with Gasteiger partial charge in [0.15, 0.2) is 5.82 Å². The first-order chi connectivity index (χ1) is 28.7. The maximum absolute atomic E-state index is 10.1. The van der Waals surface area contributed by atoms with Gasteiger partial charge in [-0.2, -0.15) is 5.26 Å². The summed E-state index contributed by atoms with van der Waals surface area (Å²) in [4.78, 5) is 10.1. The number of fused-ring (bicyclic) bond motifs is 9. The lowest BCUT2D eigenvalue weighted by Crippen LogP contribution is -2.32. The lowest BCUT2D eigenvalue weighted by atomic mass is 9.65. The fourth-order valence-electron chi connectivity index (χ4n) is 8.93. The number of hydrogen-bond acceptors (Lipinski definition) is 4. The van der Waals surface area contributed by atoms with Gasteiger partial charge in [0.05, 0.1) is 28.4 Å². The summed E-state index contributed by atoms with van der Waals surface area (Å²) in [5.74, 6) is 2.35. The molecule has 2 heterocycles. The molecule has 0 amide bonds. The molecule has 0 N–H and O–H groups in total. The third-order valence-electron chi connectivity index (χ3n) is 11.6. The van der Waals surface area contributed by atoms with Crippen LogP contribution in [-0.4, -0.2) is 9.97 Å². The van der Waals surface area contributed by atoms with E-state index in [1.807, 2.05) is 66.7 Å². The van der Waals surface area contributed by atoms with Crippen molar-refractivity contribution in [3.63, 3.8) is 0 Å². The molecule has 1 aliphatic carbocycles. The zero-order valence-corrected chi connectivity index (χ0v) is 31.3. The molecule has 1 spiro atoms. The second-order valence-electron chi connectivity index (χ2n) is 14.8. The highest BCUT2D eigenvalue weighted by molar-refractivity contribution is 5.91. The van der Waals surface area contributed by atoms with E-state index in [1.54, 1.807) is 0 Å². The van der Waals surface area contributed by atoms with Crippen molar-refractivity contribution in [1.82, 2.24) is 9.97 Å². The lowest BCUT2D eigenvalue weighted by molar-refractivity contribution is 0.436. The van der Waals surface area contributed by atoms with E-state index < -0.39 is 5.41 Å². The first kappa shape index (κ1) is 33.5. The number of nitriles is 1. The van der Waals surface area contributed by atoms with Crippen LogP contribution in [0.5, 0.6) is 11.5 Å². The van der Waals surface area contributed by atoms with Crippen LogP contribution in [-0.2, 0) is 5.41 Å². The largest absolute Gasteiger partial charge is 0.457 e. The monoisotopic (exact) mass is 739 g/mol. The number of hydrogen-bond donors (Lipinski definition) is 0. The molecule has 11 rings (SSSR count). The van der Waals surface area contributed by atoms with E-state index in [2.05, 4.69) is 140 Å². The van der Waals surface area contributed by atoms with Gasteiger partial charge in [0.25, 0.3) is 0 Å². The van der Waals surface area contributed by atoms with Crippen LogP contribution in [0.25, 0.3) is 67.3 Å². The first-order valence-electron chi connectivity index (χ1n) is 19.4. The summed E-state index contributed by atoms with van der Waals surface area (Å²) < 4.78 is 6.54. The van der Waals surface area contributed by atoms with Crippen molar-refractivity contribution in [1.29, 1.82) is 5.26 Å². The van der Waals surface area contributed by atoms with Crippen LogP contribution in [0.4, 0.5) is 0 Å². The van der Waals surface area contributed by atoms with Gasteiger partial charge in [-0.3, -0.25) is 0 Å². The molecule has 0 bridgehead atoms. The van der Waals surface area contributed by atoms with E-state index in [0.717, 1.165) is 84.1 Å². The topological polar surface area (TPSA) is 58.8 Å². The second kappa shape index (κ2) is 13.4. The van der Waals surface area contributed by atoms with Crippen LogP contribution < -0.4 is 4.74 Å². The van der Waals surface area contributed by atoms with Crippen LogP contribution in [0.3, 0.4) is 0 Å². The highest BCUT2D eigenvalue weighted by Gasteiger charge is 2.51. The van der Waals surface area contributed by atoms with Crippen molar-refractivity contribution in [2.24, 2.45) is 0 Å². The molecule has 4 nitrogen and oxygen atoms in total. The molecule has 2 aliphatic rings. The van der Waals surface area contributed by atoms with Gasteiger partial charge in [0.1, 0.15) is 11.5 Å². The number of ether oxygens (including phenoxy) is 1. The van der Waals surface area contributed by atoms with Crippen LogP contribution in [0.1, 0.15) is 27.8 Å². The Morgan fingerprint density at radius 3 is 1.53 bits per heavy atom. The number of aromatic nitrogens is 2. The molecule has 0 unspecified atom stereocenters. The van der Waals surface area contributed by atoms with Crippen molar-refractivity contribution in [3.8, 4) is 84.9 Å². The Morgan fingerprint density at radius 1 is 0.379 bits per heavy atom. The van der Waals surface area contributed by atoms with Gasteiger partial charge in [0, 0.05) is 27.8 Å². The summed E-state index contributed by atoms with van der Waals surface area (Å²) >= 11 is 0. The van der Waals surface area contributed by atoms with Crippen molar-refractivity contribution in [3.05, 3.63) is 228 Å². The van der Waals surface area contributed by atoms with Gasteiger partial charge in [-0.15, -0.1) is 0 Å². The highest BCUT2D eigenvalue weighted by atomic mass is 16.5. The van der Waals surface area contributed by atoms with Gasteiger partial charge in [-0.05, 0) is 87.0 Å². The normalized spacial score (nSPS) is 12.7. The standard InChI is InChI=1S/C54H33N3O/c55-34-35-22-28-43-44-29-27-41(32-48(44)54(47(43)30-35)45-18-7-9-20-51(45)58-52-21-10-8-19-46(52)54)37-25-23-36(24-26-37)40-16-11-17-42(31-40)50-33-49(38-12-3-1-4-13-38)56-53(57-50)39-14-5-2-6-15-39/h1-33H. The summed E-state index contributed by atoms with van der Waals surface area (Å²) in [7, 11) is 0. The smallest absolute Gasteiger partial charge is 0.160 e. The Bertz CT molecular complexity index is 2990. The summed E-state index contributed by atoms with van der Waals surface area (Å²) in [6, 6.07) is 71.9. The quantitative estimate of drug-likeness (QED) is 0.176. The average Bonchev–Trinajstić information content (AvgIpc) is 3.58. The first-order valence-corrected chi connectivity index (χ1v) is 19.4. The Hall–Kier alpha value is -7.87. The van der Waals surface area contributed by atoms with Crippen LogP contribution in [0.15, 0.2) is 200 Å². The van der Waals surface area contributed by atoms with Gasteiger partial charge >= 0.3 is 0 Å². The molecule has 9 aromatic rings. The zero-order valence-electron chi connectivity index (χ0n) is 31.3. The fourth-order valence-corrected chi connectivity index (χ4v) is 8.93. The summed E-state index contributed by atoms with van der Waals surface area (Å²) in [6.45, 7) is 0. The van der Waals surface area contributed by atoms with Crippen molar-refractivity contribution < 1.29 is 4.74 Å². The molecule has 1 aliphatic heterocycles. The minimum Gasteiger partial charge on any atom is -0.457 e. The number of nitrogens with zero attached hydrogens (tertiary/aromatic N) is 3. The van der Waals surface area contributed by atoms with Crippen molar-refractivity contribution in [2.45, 2.75) is 5.41 Å². The Morgan fingerprint density at radius 2 is 0.879 bits per heavy atom. The van der Waals surface area contributed by atoms with Crippen molar-refractivity contribution in [2.75, 3.05) is 0 Å². The molecule has 0 radical (unpaired) electrons. The van der Waals surface area contributed by atoms with Gasteiger partial charge in [0.2, 0.25) is 0 Å². The molecule has 4 heteroatoms. The predicted molar refractivity (Wildman–Crippen MR) is 231 cm³/mol. The Labute approximate surface area is 337 Å². The Kier molecular flexibility index (Phi) is 7.74. The lowest BCUT2D eigenvalue weighted by Gasteiger charge is -2.39. The molecule has 0 saturated heterocycles. The van der Waals surface area contributed by atoms with E-state index in [1.165, 1.54) is 11.1 Å².